The molecule has 0 atom stereocenters. The highest BCUT2D eigenvalue weighted by Gasteiger charge is 2.16. The van der Waals surface area contributed by atoms with E-state index in [9.17, 15) is 14.9 Å². The monoisotopic (exact) mass is 361 g/mol. The number of nitro groups is 1. The van der Waals surface area contributed by atoms with Crippen molar-refractivity contribution >= 4 is 11.6 Å². The van der Waals surface area contributed by atoms with Crippen LogP contribution in [-0.4, -0.2) is 42.9 Å². The van der Waals surface area contributed by atoms with Crippen molar-refractivity contribution in [2.45, 2.75) is 20.0 Å². The number of nitro benzene ring substituents is 1. The van der Waals surface area contributed by atoms with Crippen molar-refractivity contribution in [3.63, 3.8) is 0 Å². The SMILES string of the molecule is Cc1ccc(OCc2ccc(C(=O)NCCCN(C)C)o2)c([N+](=O)[O-])c1. The topological polar surface area (TPSA) is 97.8 Å². The summed E-state index contributed by atoms with van der Waals surface area (Å²) in [5.41, 5.74) is 0.672. The molecule has 0 bridgehead atoms. The number of carbonyl (C=O) groups is 1. The molecule has 0 saturated heterocycles. The summed E-state index contributed by atoms with van der Waals surface area (Å²) in [5.74, 6) is 0.466. The van der Waals surface area contributed by atoms with Crippen molar-refractivity contribution in [1.29, 1.82) is 0 Å². The highest BCUT2D eigenvalue weighted by molar-refractivity contribution is 5.91. The summed E-state index contributed by atoms with van der Waals surface area (Å²) in [6.07, 6.45) is 0.840. The number of nitrogens with one attached hydrogen (secondary N) is 1. The van der Waals surface area contributed by atoms with E-state index in [0.717, 1.165) is 18.5 Å². The third-order valence-corrected chi connectivity index (χ3v) is 3.63. The van der Waals surface area contributed by atoms with Crippen molar-refractivity contribution in [2.24, 2.45) is 0 Å². The standard InChI is InChI=1S/C18H23N3O5/c1-13-5-7-16(15(11-13)21(23)24)25-12-14-6-8-17(26-14)18(22)19-9-4-10-20(2)3/h5-8,11H,4,9-10,12H2,1-3H3,(H,19,22). The van der Waals surface area contributed by atoms with Gasteiger partial charge in [0, 0.05) is 12.6 Å². The second-order valence-corrected chi connectivity index (χ2v) is 6.20. The molecule has 0 saturated carbocycles. The quantitative estimate of drug-likeness (QED) is 0.419. The minimum atomic E-state index is -0.489. The molecule has 8 nitrogen and oxygen atoms in total. The zero-order valence-corrected chi connectivity index (χ0v) is 15.2. The summed E-state index contributed by atoms with van der Waals surface area (Å²) >= 11 is 0. The third kappa shape index (κ3) is 5.59. The van der Waals surface area contributed by atoms with Crippen LogP contribution in [0.25, 0.3) is 0 Å². The molecule has 140 valence electrons. The van der Waals surface area contributed by atoms with Crippen LogP contribution in [0, 0.1) is 17.0 Å². The molecule has 2 aromatic rings. The Labute approximate surface area is 151 Å². The highest BCUT2D eigenvalue weighted by atomic mass is 16.6. The lowest BCUT2D eigenvalue weighted by molar-refractivity contribution is -0.386. The van der Waals surface area contributed by atoms with Crippen LogP contribution < -0.4 is 10.1 Å². The van der Waals surface area contributed by atoms with Gasteiger partial charge in [-0.25, -0.2) is 0 Å². The molecule has 26 heavy (non-hydrogen) atoms. The van der Waals surface area contributed by atoms with E-state index >= 15 is 0 Å². The first-order valence-electron chi connectivity index (χ1n) is 8.26. The maximum atomic E-state index is 12.0. The molecule has 0 spiro atoms. The molecule has 1 aromatic heterocycles. The zero-order chi connectivity index (χ0) is 19.1. The van der Waals surface area contributed by atoms with Gasteiger partial charge < -0.3 is 19.4 Å². The largest absolute Gasteiger partial charge is 0.479 e. The maximum Gasteiger partial charge on any atom is 0.311 e. The van der Waals surface area contributed by atoms with Crippen LogP contribution >= 0.6 is 0 Å². The van der Waals surface area contributed by atoms with Crippen LogP contribution in [0.4, 0.5) is 5.69 Å². The Kier molecular flexibility index (Phi) is 6.74. The smallest absolute Gasteiger partial charge is 0.311 e. The van der Waals surface area contributed by atoms with Gasteiger partial charge in [-0.2, -0.15) is 0 Å². The van der Waals surface area contributed by atoms with Gasteiger partial charge >= 0.3 is 5.69 Å². The molecule has 1 aromatic carbocycles. The van der Waals surface area contributed by atoms with E-state index in [1.807, 2.05) is 19.0 Å². The van der Waals surface area contributed by atoms with Gasteiger partial charge in [-0.15, -0.1) is 0 Å². The maximum absolute atomic E-state index is 12.0. The number of amides is 1. The Morgan fingerprint density at radius 1 is 1.31 bits per heavy atom. The number of carbonyl (C=O) groups excluding carboxylic acids is 1. The van der Waals surface area contributed by atoms with Crippen LogP contribution in [0.2, 0.25) is 0 Å². The summed E-state index contributed by atoms with van der Waals surface area (Å²) in [4.78, 5) is 24.7. The number of rotatable bonds is 9. The van der Waals surface area contributed by atoms with E-state index in [-0.39, 0.29) is 29.7 Å². The first kappa shape index (κ1) is 19.5. The van der Waals surface area contributed by atoms with E-state index in [4.69, 9.17) is 9.15 Å². The van der Waals surface area contributed by atoms with Gasteiger partial charge in [0.2, 0.25) is 0 Å². The minimum absolute atomic E-state index is 0.00217. The van der Waals surface area contributed by atoms with Crippen LogP contribution in [0.3, 0.4) is 0 Å². The molecule has 0 aliphatic heterocycles. The van der Waals surface area contributed by atoms with Gasteiger partial charge in [-0.3, -0.25) is 14.9 Å². The van der Waals surface area contributed by atoms with Crippen LogP contribution in [-0.2, 0) is 6.61 Å². The highest BCUT2D eigenvalue weighted by Crippen LogP contribution is 2.28. The molecule has 0 radical (unpaired) electrons. The van der Waals surface area contributed by atoms with Gasteiger partial charge in [-0.05, 0) is 57.7 Å². The van der Waals surface area contributed by atoms with Crippen molar-refractivity contribution in [1.82, 2.24) is 10.2 Å². The van der Waals surface area contributed by atoms with E-state index in [0.29, 0.717) is 12.3 Å². The van der Waals surface area contributed by atoms with Gasteiger partial charge in [0.05, 0.1) is 4.92 Å². The molecule has 1 N–H and O–H groups in total. The molecular weight excluding hydrogens is 338 g/mol. The van der Waals surface area contributed by atoms with Crippen LogP contribution in [0.5, 0.6) is 5.75 Å². The molecule has 2 rings (SSSR count). The Hall–Kier alpha value is -2.87. The van der Waals surface area contributed by atoms with Gasteiger partial charge in [0.1, 0.15) is 12.4 Å². The summed E-state index contributed by atoms with van der Waals surface area (Å²) in [7, 11) is 3.94. The van der Waals surface area contributed by atoms with Gasteiger partial charge in [-0.1, -0.05) is 6.07 Å². The predicted molar refractivity (Wildman–Crippen MR) is 96.4 cm³/mol. The first-order chi connectivity index (χ1) is 12.4. The number of nitrogens with zero attached hydrogens (tertiary/aromatic N) is 2. The van der Waals surface area contributed by atoms with Crippen LogP contribution in [0.15, 0.2) is 34.7 Å². The lowest BCUT2D eigenvalue weighted by atomic mass is 10.2. The van der Waals surface area contributed by atoms with Gasteiger partial charge in [0.25, 0.3) is 5.91 Å². The molecular formula is C18H23N3O5. The Balaban J connectivity index is 1.91. The first-order valence-corrected chi connectivity index (χ1v) is 8.26. The molecule has 8 heteroatoms. The molecule has 0 unspecified atom stereocenters. The van der Waals surface area contributed by atoms with Crippen LogP contribution in [0.1, 0.15) is 28.3 Å². The molecule has 0 aliphatic rings. The van der Waals surface area contributed by atoms with E-state index < -0.39 is 4.92 Å². The van der Waals surface area contributed by atoms with E-state index in [1.54, 1.807) is 31.2 Å². The minimum Gasteiger partial charge on any atom is -0.479 e. The predicted octanol–water partition coefficient (Wildman–Crippen LogP) is 2.76. The zero-order valence-electron chi connectivity index (χ0n) is 15.2. The van der Waals surface area contributed by atoms with Crippen molar-refractivity contribution < 1.29 is 18.9 Å². The average Bonchev–Trinajstić information content (AvgIpc) is 3.06. The number of aryl methyl sites for hydroxylation is 1. The lowest BCUT2D eigenvalue weighted by Gasteiger charge is -2.09. The van der Waals surface area contributed by atoms with Crippen molar-refractivity contribution in [3.05, 3.63) is 57.5 Å². The number of benzene rings is 1. The summed E-state index contributed by atoms with van der Waals surface area (Å²) < 4.78 is 10.9. The second-order valence-electron chi connectivity index (χ2n) is 6.20. The number of ether oxygens (including phenoxy) is 1. The van der Waals surface area contributed by atoms with Crippen molar-refractivity contribution in [2.75, 3.05) is 27.2 Å². The molecule has 1 amide bonds. The summed E-state index contributed by atoms with van der Waals surface area (Å²) in [5, 5.41) is 13.9. The molecule has 1 heterocycles. The third-order valence-electron chi connectivity index (χ3n) is 3.63. The fraction of sp³-hybridized carbons (Fsp3) is 0.389. The Morgan fingerprint density at radius 2 is 2.08 bits per heavy atom. The van der Waals surface area contributed by atoms with E-state index in [1.165, 1.54) is 6.07 Å². The van der Waals surface area contributed by atoms with Gasteiger partial charge in [0.15, 0.2) is 11.5 Å². The molecule has 0 fully saturated rings. The summed E-state index contributed by atoms with van der Waals surface area (Å²) in [6, 6.07) is 7.91. The van der Waals surface area contributed by atoms with E-state index in [2.05, 4.69) is 5.32 Å². The fourth-order valence-corrected chi connectivity index (χ4v) is 2.30. The number of hydrogen-bond donors (Lipinski definition) is 1. The molecule has 0 aliphatic carbocycles. The summed E-state index contributed by atoms with van der Waals surface area (Å²) in [6.45, 7) is 3.20. The second kappa shape index (κ2) is 9.00. The average molecular weight is 361 g/mol. The Bertz CT molecular complexity index is 770. The number of hydrogen-bond acceptors (Lipinski definition) is 6. The van der Waals surface area contributed by atoms with Crippen molar-refractivity contribution in [3.8, 4) is 5.75 Å². The normalized spacial score (nSPS) is 10.8. The number of furan rings is 1. The lowest BCUT2D eigenvalue weighted by Crippen LogP contribution is -2.26. The fourth-order valence-electron chi connectivity index (χ4n) is 2.30. The Morgan fingerprint density at radius 3 is 2.77 bits per heavy atom.